The summed E-state index contributed by atoms with van der Waals surface area (Å²) in [7, 11) is 1.32. The number of anilines is 1. The predicted molar refractivity (Wildman–Crippen MR) is 110 cm³/mol. The van der Waals surface area contributed by atoms with E-state index < -0.39 is 29.5 Å². The van der Waals surface area contributed by atoms with Crippen LogP contribution < -0.4 is 9.64 Å². The highest BCUT2D eigenvalue weighted by atomic mass is 19.4. The average Bonchev–Trinajstić information content (AvgIpc) is 3.26. The van der Waals surface area contributed by atoms with Crippen LogP contribution in [-0.4, -0.2) is 23.2 Å². The highest BCUT2D eigenvalue weighted by molar-refractivity contribution is 6.10. The fourth-order valence-electron chi connectivity index (χ4n) is 4.03. The summed E-state index contributed by atoms with van der Waals surface area (Å²) in [5, 5.41) is 7.00. The van der Waals surface area contributed by atoms with Gasteiger partial charge in [0.05, 0.1) is 24.4 Å². The third-order valence-electron chi connectivity index (χ3n) is 5.39. The van der Waals surface area contributed by atoms with Crippen LogP contribution in [0.4, 0.5) is 23.2 Å². The molecule has 1 unspecified atom stereocenters. The van der Waals surface area contributed by atoms with E-state index in [2.05, 4.69) is 10.2 Å². The monoisotopic (exact) mass is 447 g/mol. The van der Waals surface area contributed by atoms with E-state index in [1.807, 2.05) is 13.8 Å². The van der Waals surface area contributed by atoms with Gasteiger partial charge in [-0.25, -0.2) is 4.39 Å². The van der Waals surface area contributed by atoms with Gasteiger partial charge >= 0.3 is 6.18 Å². The molecule has 1 aliphatic heterocycles. The minimum Gasteiger partial charge on any atom is -0.494 e. The molecular formula is C23H21F4N3O2. The van der Waals surface area contributed by atoms with Crippen molar-refractivity contribution in [1.82, 2.24) is 10.2 Å². The molecule has 3 aromatic rings. The number of ether oxygens (including phenoxy) is 1. The Morgan fingerprint density at radius 2 is 1.94 bits per heavy atom. The number of amides is 1. The zero-order valence-corrected chi connectivity index (χ0v) is 17.6. The summed E-state index contributed by atoms with van der Waals surface area (Å²) < 4.78 is 59.6. The number of H-pyrrole nitrogens is 1. The van der Waals surface area contributed by atoms with Crippen LogP contribution in [-0.2, 0) is 12.6 Å². The quantitative estimate of drug-likeness (QED) is 0.524. The third-order valence-corrected chi connectivity index (χ3v) is 5.39. The first-order valence-corrected chi connectivity index (χ1v) is 10.0. The first-order chi connectivity index (χ1) is 15.1. The summed E-state index contributed by atoms with van der Waals surface area (Å²) in [6.07, 6.45) is -4.02. The van der Waals surface area contributed by atoms with Gasteiger partial charge in [-0.1, -0.05) is 26.0 Å². The van der Waals surface area contributed by atoms with E-state index in [0.29, 0.717) is 17.7 Å². The minimum atomic E-state index is -4.55. The van der Waals surface area contributed by atoms with Gasteiger partial charge in [0.1, 0.15) is 5.69 Å². The van der Waals surface area contributed by atoms with Gasteiger partial charge in [-0.05, 0) is 42.2 Å². The average molecular weight is 447 g/mol. The number of aromatic nitrogens is 2. The van der Waals surface area contributed by atoms with Crippen molar-refractivity contribution in [3.05, 3.63) is 76.4 Å². The predicted octanol–water partition coefficient (Wildman–Crippen LogP) is 5.52. The lowest BCUT2D eigenvalue weighted by molar-refractivity contribution is -0.137. The lowest BCUT2D eigenvalue weighted by atomic mass is 9.94. The van der Waals surface area contributed by atoms with Crippen LogP contribution >= 0.6 is 0 Å². The second kappa shape index (κ2) is 7.96. The molecule has 0 radical (unpaired) electrons. The van der Waals surface area contributed by atoms with Crippen molar-refractivity contribution in [2.24, 2.45) is 5.92 Å². The van der Waals surface area contributed by atoms with Crippen molar-refractivity contribution in [1.29, 1.82) is 0 Å². The van der Waals surface area contributed by atoms with Crippen molar-refractivity contribution in [3.8, 4) is 5.75 Å². The first kappa shape index (κ1) is 21.9. The van der Waals surface area contributed by atoms with Gasteiger partial charge in [-0.3, -0.25) is 14.8 Å². The Bertz CT molecular complexity index is 1170. The molecule has 1 N–H and O–H groups in total. The number of rotatable bonds is 5. The number of carbonyl (C=O) groups is 1. The van der Waals surface area contributed by atoms with Crippen molar-refractivity contribution in [2.75, 3.05) is 12.0 Å². The van der Waals surface area contributed by atoms with Crippen molar-refractivity contribution in [2.45, 2.75) is 32.5 Å². The maximum absolute atomic E-state index is 14.5. The third kappa shape index (κ3) is 3.72. The molecule has 4 rings (SSSR count). The standard InChI is InChI=1S/C23H21F4N3O2/c1-12(2)9-17-19-20(29-28-17)22(31)30(15-7-8-18(32-3)16(24)11-15)21(19)13-5-4-6-14(10-13)23(25,26)27/h4-8,10-12,21H,9H2,1-3H3,(H,28,29). The number of hydrogen-bond acceptors (Lipinski definition) is 3. The Labute approximate surface area is 182 Å². The van der Waals surface area contributed by atoms with Crippen LogP contribution in [0.3, 0.4) is 0 Å². The van der Waals surface area contributed by atoms with E-state index in [-0.39, 0.29) is 28.6 Å². The minimum absolute atomic E-state index is 0.00306. The molecule has 0 aliphatic carbocycles. The zero-order chi connectivity index (χ0) is 23.2. The molecule has 1 aliphatic rings. The molecule has 0 spiro atoms. The Balaban J connectivity index is 1.91. The van der Waals surface area contributed by atoms with Crippen molar-refractivity contribution >= 4 is 11.6 Å². The molecular weight excluding hydrogens is 426 g/mol. The normalized spacial score (nSPS) is 16.1. The van der Waals surface area contributed by atoms with Gasteiger partial charge in [0, 0.05) is 17.3 Å². The van der Waals surface area contributed by atoms with E-state index >= 15 is 0 Å². The van der Waals surface area contributed by atoms with Gasteiger partial charge < -0.3 is 4.74 Å². The highest BCUT2D eigenvalue weighted by Gasteiger charge is 2.43. The maximum Gasteiger partial charge on any atom is 0.416 e. The smallest absolute Gasteiger partial charge is 0.416 e. The van der Waals surface area contributed by atoms with E-state index in [1.54, 1.807) is 0 Å². The molecule has 9 heteroatoms. The SMILES string of the molecule is COc1ccc(N2C(=O)c3[nH]nc(CC(C)C)c3C2c2cccc(C(F)(F)F)c2)cc1F. The first-order valence-electron chi connectivity index (χ1n) is 10.0. The summed E-state index contributed by atoms with van der Waals surface area (Å²) in [6, 6.07) is 7.95. The summed E-state index contributed by atoms with van der Waals surface area (Å²) in [5.41, 5.74) is 0.941. The van der Waals surface area contributed by atoms with E-state index in [1.165, 1.54) is 36.3 Å². The molecule has 1 aromatic heterocycles. The largest absolute Gasteiger partial charge is 0.494 e. The van der Waals surface area contributed by atoms with Gasteiger partial charge in [0.15, 0.2) is 11.6 Å². The van der Waals surface area contributed by atoms with Gasteiger partial charge in [0.2, 0.25) is 0 Å². The number of benzene rings is 2. The summed E-state index contributed by atoms with van der Waals surface area (Å²) in [5.74, 6) is -0.977. The molecule has 0 bridgehead atoms. The van der Waals surface area contributed by atoms with Gasteiger partial charge in [0.25, 0.3) is 5.91 Å². The maximum atomic E-state index is 14.5. The lowest BCUT2D eigenvalue weighted by Gasteiger charge is -2.27. The van der Waals surface area contributed by atoms with Crippen LogP contribution in [0, 0.1) is 11.7 Å². The summed E-state index contributed by atoms with van der Waals surface area (Å²) >= 11 is 0. The Morgan fingerprint density at radius 3 is 2.56 bits per heavy atom. The Morgan fingerprint density at radius 1 is 1.19 bits per heavy atom. The van der Waals surface area contributed by atoms with Crippen molar-refractivity contribution in [3.63, 3.8) is 0 Å². The fraction of sp³-hybridized carbons (Fsp3) is 0.304. The summed E-state index contributed by atoms with van der Waals surface area (Å²) in [6.45, 7) is 3.96. The zero-order valence-electron chi connectivity index (χ0n) is 17.6. The number of nitrogens with one attached hydrogen (secondary N) is 1. The number of aromatic amines is 1. The van der Waals surface area contributed by atoms with Crippen LogP contribution in [0.1, 0.15) is 52.8 Å². The number of hydrogen-bond donors (Lipinski definition) is 1. The molecule has 168 valence electrons. The van der Waals surface area contributed by atoms with Crippen LogP contribution in [0.5, 0.6) is 5.75 Å². The fourth-order valence-corrected chi connectivity index (χ4v) is 4.03. The number of carbonyl (C=O) groups excluding carboxylic acids is 1. The Hall–Kier alpha value is -3.36. The molecule has 5 nitrogen and oxygen atoms in total. The number of halogens is 4. The highest BCUT2D eigenvalue weighted by Crippen LogP contribution is 2.44. The van der Waals surface area contributed by atoms with Crippen LogP contribution in [0.15, 0.2) is 42.5 Å². The van der Waals surface area contributed by atoms with E-state index in [0.717, 1.165) is 18.2 Å². The van der Waals surface area contributed by atoms with E-state index in [4.69, 9.17) is 4.74 Å². The molecule has 32 heavy (non-hydrogen) atoms. The molecule has 0 saturated carbocycles. The second-order valence-electron chi connectivity index (χ2n) is 8.08. The molecule has 2 aromatic carbocycles. The summed E-state index contributed by atoms with van der Waals surface area (Å²) in [4.78, 5) is 14.6. The van der Waals surface area contributed by atoms with Crippen molar-refractivity contribution < 1.29 is 27.1 Å². The number of nitrogens with zero attached hydrogens (tertiary/aromatic N) is 2. The number of alkyl halides is 3. The molecule has 0 fully saturated rings. The molecule has 2 heterocycles. The topological polar surface area (TPSA) is 58.2 Å². The molecule has 0 saturated heterocycles. The van der Waals surface area contributed by atoms with E-state index in [9.17, 15) is 22.4 Å². The lowest BCUT2D eigenvalue weighted by Crippen LogP contribution is -2.30. The second-order valence-corrected chi connectivity index (χ2v) is 8.08. The number of methoxy groups -OCH3 is 1. The Kier molecular flexibility index (Phi) is 5.44. The number of fused-ring (bicyclic) bond motifs is 1. The molecule has 1 atom stereocenters. The van der Waals surface area contributed by atoms with Gasteiger partial charge in [-0.15, -0.1) is 0 Å². The van der Waals surface area contributed by atoms with Crippen LogP contribution in [0.25, 0.3) is 0 Å². The van der Waals surface area contributed by atoms with Crippen LogP contribution in [0.2, 0.25) is 0 Å². The molecule has 1 amide bonds. The van der Waals surface area contributed by atoms with Gasteiger partial charge in [-0.2, -0.15) is 18.3 Å².